The number of carbonyl (C=O) groups excluding carboxylic acids is 1. The fourth-order valence-electron chi connectivity index (χ4n) is 3.85. The molecule has 3 aromatic rings. The van der Waals surface area contributed by atoms with Crippen LogP contribution in [0.2, 0.25) is 0 Å². The first kappa shape index (κ1) is 19.5. The molecule has 2 aromatic heterocycles. The van der Waals surface area contributed by atoms with Crippen molar-refractivity contribution in [3.8, 4) is 11.5 Å². The van der Waals surface area contributed by atoms with E-state index in [-0.39, 0.29) is 18.6 Å². The van der Waals surface area contributed by atoms with Crippen LogP contribution in [0.3, 0.4) is 0 Å². The maximum absolute atomic E-state index is 13.1. The Kier molecular flexibility index (Phi) is 4.60. The summed E-state index contributed by atoms with van der Waals surface area (Å²) in [6, 6.07) is 7.42. The molecule has 0 aliphatic carbocycles. The fraction of sp³-hybridized carbons (Fsp3) is 0.350. The molecular formula is C20H18F3N5O3. The monoisotopic (exact) mass is 433 g/mol. The zero-order valence-corrected chi connectivity index (χ0v) is 16.2. The number of nitrogens with one attached hydrogen (secondary N) is 1. The Balaban J connectivity index is 1.34. The molecule has 8 nitrogen and oxygen atoms in total. The quantitative estimate of drug-likeness (QED) is 0.683. The van der Waals surface area contributed by atoms with Crippen molar-refractivity contribution in [2.45, 2.75) is 19.0 Å². The normalized spacial score (nSPS) is 18.4. The third-order valence-corrected chi connectivity index (χ3v) is 5.43. The maximum Gasteiger partial charge on any atom is 0.417 e. The van der Waals surface area contributed by atoms with Crippen LogP contribution in [0.5, 0.6) is 11.5 Å². The number of fused-ring (bicyclic) bond motifs is 2. The van der Waals surface area contributed by atoms with Gasteiger partial charge in [-0.25, -0.2) is 0 Å². The van der Waals surface area contributed by atoms with E-state index in [0.717, 1.165) is 12.3 Å². The number of rotatable bonds is 3. The number of nitrogens with zero attached hydrogens (tertiary/aromatic N) is 4. The van der Waals surface area contributed by atoms with Gasteiger partial charge in [0.05, 0.1) is 11.5 Å². The predicted octanol–water partition coefficient (Wildman–Crippen LogP) is 3.33. The van der Waals surface area contributed by atoms with Crippen LogP contribution in [0, 0.1) is 5.92 Å². The number of carbonyl (C=O) groups is 1. The maximum atomic E-state index is 13.1. The molecule has 1 saturated heterocycles. The van der Waals surface area contributed by atoms with Crippen LogP contribution in [0.4, 0.5) is 24.8 Å². The standard InChI is InChI=1S/C20H18F3N5O3/c21-20(22,23)13-3-6-17-25-26-19(28(17)10-13)27-7-1-2-12(9-27)18(29)24-14-4-5-15-16(8-14)31-11-30-15/h3-6,8,10,12H,1-2,7,9,11H2,(H,24,29)/t12-/m0/s1. The number of alkyl halides is 3. The average Bonchev–Trinajstić information content (AvgIpc) is 3.39. The molecule has 0 bridgehead atoms. The molecule has 31 heavy (non-hydrogen) atoms. The van der Waals surface area contributed by atoms with E-state index in [1.165, 1.54) is 10.5 Å². The van der Waals surface area contributed by atoms with Crippen LogP contribution in [-0.2, 0) is 11.0 Å². The van der Waals surface area contributed by atoms with E-state index in [1.54, 1.807) is 23.1 Å². The molecule has 0 radical (unpaired) electrons. The second kappa shape index (κ2) is 7.33. The lowest BCUT2D eigenvalue weighted by molar-refractivity contribution is -0.137. The lowest BCUT2D eigenvalue weighted by atomic mass is 9.97. The molecule has 0 unspecified atom stereocenters. The Hall–Kier alpha value is -3.50. The number of ether oxygens (including phenoxy) is 2. The summed E-state index contributed by atoms with van der Waals surface area (Å²) in [6.07, 6.45) is -2.11. The van der Waals surface area contributed by atoms with E-state index < -0.39 is 11.7 Å². The fourth-order valence-corrected chi connectivity index (χ4v) is 3.85. The minimum atomic E-state index is -4.47. The van der Waals surface area contributed by atoms with E-state index in [4.69, 9.17) is 9.47 Å². The van der Waals surface area contributed by atoms with Crippen molar-refractivity contribution in [3.63, 3.8) is 0 Å². The summed E-state index contributed by atoms with van der Waals surface area (Å²) in [5, 5.41) is 10.9. The summed E-state index contributed by atoms with van der Waals surface area (Å²) >= 11 is 0. The van der Waals surface area contributed by atoms with Gasteiger partial charge in [0.25, 0.3) is 0 Å². The molecule has 0 spiro atoms. The minimum Gasteiger partial charge on any atom is -0.454 e. The summed E-state index contributed by atoms with van der Waals surface area (Å²) in [6.45, 7) is 1.05. The van der Waals surface area contributed by atoms with E-state index in [1.807, 2.05) is 0 Å². The second-order valence-electron chi connectivity index (χ2n) is 7.49. The van der Waals surface area contributed by atoms with Crippen LogP contribution in [0.1, 0.15) is 18.4 Å². The second-order valence-corrected chi connectivity index (χ2v) is 7.49. The van der Waals surface area contributed by atoms with Gasteiger partial charge in [-0.05, 0) is 37.1 Å². The van der Waals surface area contributed by atoms with Gasteiger partial charge in [-0.2, -0.15) is 13.2 Å². The molecule has 1 N–H and O–H groups in total. The van der Waals surface area contributed by atoms with Crippen LogP contribution in [0.15, 0.2) is 36.5 Å². The molecule has 5 rings (SSSR count). The lowest BCUT2D eigenvalue weighted by Crippen LogP contribution is -2.41. The molecule has 1 atom stereocenters. The number of aromatic nitrogens is 3. The van der Waals surface area contributed by atoms with Crippen molar-refractivity contribution >= 4 is 23.2 Å². The highest BCUT2D eigenvalue weighted by atomic mass is 19.4. The van der Waals surface area contributed by atoms with Crippen molar-refractivity contribution < 1.29 is 27.4 Å². The zero-order chi connectivity index (χ0) is 21.6. The SMILES string of the molecule is O=C(Nc1ccc2c(c1)OCO2)[C@H]1CCCN(c2nnc3ccc(C(F)(F)F)cn23)C1. The summed E-state index contributed by atoms with van der Waals surface area (Å²) in [4.78, 5) is 14.6. The smallest absolute Gasteiger partial charge is 0.417 e. The summed E-state index contributed by atoms with van der Waals surface area (Å²) in [5.41, 5.74) is 0.124. The van der Waals surface area contributed by atoms with E-state index in [9.17, 15) is 18.0 Å². The highest BCUT2D eigenvalue weighted by Gasteiger charge is 2.32. The molecule has 0 saturated carbocycles. The Morgan fingerprint density at radius 3 is 2.81 bits per heavy atom. The van der Waals surface area contributed by atoms with E-state index >= 15 is 0 Å². The van der Waals surface area contributed by atoms with Gasteiger partial charge in [0.1, 0.15) is 0 Å². The van der Waals surface area contributed by atoms with Crippen LogP contribution in [0.25, 0.3) is 5.65 Å². The highest BCUT2D eigenvalue weighted by Crippen LogP contribution is 2.35. The number of pyridine rings is 1. The van der Waals surface area contributed by atoms with Gasteiger partial charge in [-0.3, -0.25) is 9.20 Å². The van der Waals surface area contributed by atoms with Gasteiger partial charge < -0.3 is 19.7 Å². The van der Waals surface area contributed by atoms with Crippen LogP contribution in [-0.4, -0.2) is 40.4 Å². The molecule has 4 heterocycles. The van der Waals surface area contributed by atoms with Gasteiger partial charge in [-0.15, -0.1) is 10.2 Å². The van der Waals surface area contributed by atoms with Crippen molar-refractivity contribution in [2.75, 3.05) is 30.1 Å². The first-order chi connectivity index (χ1) is 14.9. The number of piperidine rings is 1. The van der Waals surface area contributed by atoms with Gasteiger partial charge >= 0.3 is 6.18 Å². The molecule has 162 valence electrons. The van der Waals surface area contributed by atoms with Gasteiger partial charge in [-0.1, -0.05) is 0 Å². The van der Waals surface area contributed by atoms with Crippen molar-refractivity contribution in [1.29, 1.82) is 0 Å². The zero-order valence-electron chi connectivity index (χ0n) is 16.2. The average molecular weight is 433 g/mol. The van der Waals surface area contributed by atoms with Gasteiger partial charge in [0.15, 0.2) is 17.1 Å². The first-order valence-corrected chi connectivity index (χ1v) is 9.76. The summed E-state index contributed by atoms with van der Waals surface area (Å²) in [7, 11) is 0. The molecular weight excluding hydrogens is 415 g/mol. The van der Waals surface area contributed by atoms with Gasteiger partial charge in [0.2, 0.25) is 18.6 Å². The topological polar surface area (TPSA) is 81.0 Å². The third kappa shape index (κ3) is 3.71. The Bertz CT molecular complexity index is 1150. The van der Waals surface area contributed by atoms with Crippen molar-refractivity contribution in [2.24, 2.45) is 5.92 Å². The highest BCUT2D eigenvalue weighted by molar-refractivity contribution is 5.93. The van der Waals surface area contributed by atoms with Crippen LogP contribution < -0.4 is 19.7 Å². The van der Waals surface area contributed by atoms with E-state index in [0.29, 0.717) is 54.7 Å². The molecule has 1 amide bonds. The molecule has 11 heteroatoms. The Morgan fingerprint density at radius 2 is 1.97 bits per heavy atom. The molecule has 1 fully saturated rings. The summed E-state index contributed by atoms with van der Waals surface area (Å²) in [5.74, 6) is 0.963. The Morgan fingerprint density at radius 1 is 1.13 bits per heavy atom. The third-order valence-electron chi connectivity index (χ3n) is 5.43. The van der Waals surface area contributed by atoms with Crippen LogP contribution >= 0.6 is 0 Å². The largest absolute Gasteiger partial charge is 0.454 e. The lowest BCUT2D eigenvalue weighted by Gasteiger charge is -2.32. The Labute approximate surface area is 174 Å². The van der Waals surface area contributed by atoms with Gasteiger partial charge in [0, 0.05) is 31.0 Å². The number of hydrogen-bond acceptors (Lipinski definition) is 6. The number of benzene rings is 1. The minimum absolute atomic E-state index is 0.146. The number of hydrogen-bond donors (Lipinski definition) is 1. The number of anilines is 2. The predicted molar refractivity (Wildman–Crippen MR) is 104 cm³/mol. The molecule has 2 aliphatic rings. The van der Waals surface area contributed by atoms with E-state index in [2.05, 4.69) is 15.5 Å². The molecule has 1 aromatic carbocycles. The van der Waals surface area contributed by atoms with Crippen molar-refractivity contribution in [1.82, 2.24) is 14.6 Å². The first-order valence-electron chi connectivity index (χ1n) is 9.76. The number of amides is 1. The number of halogens is 3. The molecule has 2 aliphatic heterocycles. The summed E-state index contributed by atoms with van der Waals surface area (Å²) < 4.78 is 51.3. The van der Waals surface area contributed by atoms with Crippen molar-refractivity contribution in [3.05, 3.63) is 42.1 Å².